The highest BCUT2D eigenvalue weighted by Gasteiger charge is 2.33. The number of carbonyl (C=O) groups is 1. The molecule has 3 rings (SSSR count). The summed E-state index contributed by atoms with van der Waals surface area (Å²) >= 11 is 0. The summed E-state index contributed by atoms with van der Waals surface area (Å²) in [4.78, 5) is 14.9. The summed E-state index contributed by atoms with van der Waals surface area (Å²) in [6, 6.07) is 6.83. The molecule has 1 aromatic heterocycles. The third kappa shape index (κ3) is 4.11. The number of morpholine rings is 1. The number of rotatable bonds is 6. The molecule has 0 bridgehead atoms. The minimum absolute atomic E-state index is 0.000272. The van der Waals surface area contributed by atoms with Crippen molar-refractivity contribution in [3.63, 3.8) is 0 Å². The molecule has 0 unspecified atom stereocenters. The lowest BCUT2D eigenvalue weighted by Gasteiger charge is -2.27. The lowest BCUT2D eigenvalue weighted by atomic mass is 10.2. The molecule has 1 amide bonds. The van der Waals surface area contributed by atoms with E-state index in [1.807, 2.05) is 6.92 Å². The van der Waals surface area contributed by atoms with Crippen LogP contribution in [-0.2, 0) is 21.8 Å². The summed E-state index contributed by atoms with van der Waals surface area (Å²) in [5.41, 5.74) is 1.64. The summed E-state index contributed by atoms with van der Waals surface area (Å²) < 4.78 is 41.9. The largest absolute Gasteiger partial charge is 0.492 e. The minimum Gasteiger partial charge on any atom is -0.492 e. The van der Waals surface area contributed by atoms with E-state index in [1.54, 1.807) is 54.6 Å². The second-order valence-corrected chi connectivity index (χ2v) is 8.49. The summed E-state index contributed by atoms with van der Waals surface area (Å²) in [6.07, 6.45) is 0. The van der Waals surface area contributed by atoms with Gasteiger partial charge in [0.05, 0.1) is 31.1 Å². The third-order valence-electron chi connectivity index (χ3n) is 5.14. The van der Waals surface area contributed by atoms with Gasteiger partial charge in [-0.3, -0.25) is 9.52 Å². The van der Waals surface area contributed by atoms with E-state index in [2.05, 4.69) is 4.72 Å². The fourth-order valence-corrected chi connectivity index (χ4v) is 5.04. The molecule has 0 aliphatic carbocycles. The van der Waals surface area contributed by atoms with Crippen LogP contribution in [-0.4, -0.2) is 56.7 Å². The Bertz CT molecular complexity index is 1010. The van der Waals surface area contributed by atoms with Gasteiger partial charge in [-0.25, -0.2) is 8.42 Å². The van der Waals surface area contributed by atoms with Crippen molar-refractivity contribution < 1.29 is 22.7 Å². The molecule has 1 aliphatic heterocycles. The number of amides is 1. The molecule has 2 aromatic rings. The SMILES string of the molecule is CCOc1ccccc1NS(=O)(=O)c1c(C(=O)N2CCOCC2)c(C)n(C)c1C. The van der Waals surface area contributed by atoms with Crippen LogP contribution in [0.5, 0.6) is 5.75 Å². The number of carbonyl (C=O) groups excluding carboxylic acids is 1. The fraction of sp³-hybridized carbons (Fsp3) is 0.450. The van der Waals surface area contributed by atoms with Gasteiger partial charge in [0, 0.05) is 31.5 Å². The predicted octanol–water partition coefficient (Wildman–Crippen LogP) is 2.31. The zero-order valence-electron chi connectivity index (χ0n) is 17.2. The molecule has 0 atom stereocenters. The van der Waals surface area contributed by atoms with Crippen LogP contribution in [0, 0.1) is 13.8 Å². The molecule has 0 saturated carbocycles. The van der Waals surface area contributed by atoms with Gasteiger partial charge in [-0.15, -0.1) is 0 Å². The Hall–Kier alpha value is -2.52. The van der Waals surface area contributed by atoms with Gasteiger partial charge in [0.2, 0.25) is 0 Å². The quantitative estimate of drug-likeness (QED) is 0.773. The molecule has 8 nitrogen and oxygen atoms in total. The summed E-state index contributed by atoms with van der Waals surface area (Å²) in [7, 11) is -2.27. The van der Waals surface area contributed by atoms with Crippen molar-refractivity contribution in [1.82, 2.24) is 9.47 Å². The van der Waals surface area contributed by atoms with Crippen LogP contribution in [0.15, 0.2) is 29.2 Å². The van der Waals surface area contributed by atoms with Gasteiger partial charge in [-0.05, 0) is 32.9 Å². The van der Waals surface area contributed by atoms with E-state index >= 15 is 0 Å². The molecule has 0 spiro atoms. The number of anilines is 1. The Kier molecular flexibility index (Phi) is 6.18. The van der Waals surface area contributed by atoms with E-state index in [-0.39, 0.29) is 16.4 Å². The Morgan fingerprint density at radius 1 is 1.17 bits per heavy atom. The maximum atomic E-state index is 13.4. The summed E-state index contributed by atoms with van der Waals surface area (Å²) in [6.45, 7) is 7.45. The zero-order chi connectivity index (χ0) is 21.2. The van der Waals surface area contributed by atoms with Crippen molar-refractivity contribution in [2.75, 3.05) is 37.6 Å². The molecule has 29 heavy (non-hydrogen) atoms. The second kappa shape index (κ2) is 8.46. The van der Waals surface area contributed by atoms with Gasteiger partial charge in [-0.1, -0.05) is 12.1 Å². The van der Waals surface area contributed by atoms with Gasteiger partial charge in [0.1, 0.15) is 10.6 Å². The van der Waals surface area contributed by atoms with E-state index in [0.717, 1.165) is 0 Å². The first-order valence-electron chi connectivity index (χ1n) is 9.55. The Labute approximate surface area is 171 Å². The van der Waals surface area contributed by atoms with Crippen LogP contribution in [0.4, 0.5) is 5.69 Å². The molecule has 9 heteroatoms. The molecule has 158 valence electrons. The molecule has 2 heterocycles. The van der Waals surface area contributed by atoms with E-state index in [4.69, 9.17) is 9.47 Å². The van der Waals surface area contributed by atoms with Crippen molar-refractivity contribution in [3.8, 4) is 5.75 Å². The average molecular weight is 422 g/mol. The molecular weight excluding hydrogens is 394 g/mol. The van der Waals surface area contributed by atoms with Crippen molar-refractivity contribution >= 4 is 21.6 Å². The minimum atomic E-state index is -4.03. The summed E-state index contributed by atoms with van der Waals surface area (Å²) in [5.74, 6) is 0.137. The number of para-hydroxylation sites is 2. The highest BCUT2D eigenvalue weighted by Crippen LogP contribution is 2.32. The molecule has 1 fully saturated rings. The van der Waals surface area contributed by atoms with Crippen LogP contribution in [0.2, 0.25) is 0 Å². The predicted molar refractivity (Wildman–Crippen MR) is 110 cm³/mol. The van der Waals surface area contributed by atoms with Crippen LogP contribution in [0.1, 0.15) is 28.7 Å². The van der Waals surface area contributed by atoms with Crippen LogP contribution in [0.25, 0.3) is 0 Å². The molecule has 1 aliphatic rings. The van der Waals surface area contributed by atoms with E-state index < -0.39 is 10.0 Å². The van der Waals surface area contributed by atoms with E-state index in [1.165, 1.54) is 0 Å². The zero-order valence-corrected chi connectivity index (χ0v) is 18.0. The normalized spacial score (nSPS) is 14.7. The maximum absolute atomic E-state index is 13.4. The fourth-order valence-electron chi connectivity index (χ4n) is 3.45. The summed E-state index contributed by atoms with van der Waals surface area (Å²) in [5, 5.41) is 0. The number of nitrogens with one attached hydrogen (secondary N) is 1. The molecule has 1 aromatic carbocycles. The van der Waals surface area contributed by atoms with Crippen molar-refractivity contribution in [3.05, 3.63) is 41.2 Å². The number of nitrogens with zero attached hydrogens (tertiary/aromatic N) is 2. The number of aromatic nitrogens is 1. The lowest BCUT2D eigenvalue weighted by Crippen LogP contribution is -2.41. The number of sulfonamides is 1. The van der Waals surface area contributed by atoms with E-state index in [9.17, 15) is 13.2 Å². The standard InChI is InChI=1S/C20H27N3O5S/c1-5-28-17-9-7-6-8-16(17)21-29(25,26)19-15(3)22(4)14(2)18(19)20(24)23-10-12-27-13-11-23/h6-9,21H,5,10-13H2,1-4H3. The number of benzene rings is 1. The first kappa shape index (κ1) is 21.2. The van der Waals surface area contributed by atoms with Crippen molar-refractivity contribution in [1.29, 1.82) is 0 Å². The molecular formula is C20H27N3O5S. The van der Waals surface area contributed by atoms with Crippen LogP contribution in [0.3, 0.4) is 0 Å². The Morgan fingerprint density at radius 3 is 2.48 bits per heavy atom. The van der Waals surface area contributed by atoms with Crippen molar-refractivity contribution in [2.24, 2.45) is 7.05 Å². The van der Waals surface area contributed by atoms with Gasteiger partial charge in [-0.2, -0.15) is 0 Å². The van der Waals surface area contributed by atoms with Crippen LogP contribution < -0.4 is 9.46 Å². The number of hydrogen-bond acceptors (Lipinski definition) is 5. The second-order valence-electron chi connectivity index (χ2n) is 6.87. The number of hydrogen-bond donors (Lipinski definition) is 1. The topological polar surface area (TPSA) is 89.9 Å². The Balaban J connectivity index is 2.05. The first-order valence-corrected chi connectivity index (χ1v) is 11.0. The Morgan fingerprint density at radius 2 is 1.83 bits per heavy atom. The van der Waals surface area contributed by atoms with Crippen LogP contribution >= 0.6 is 0 Å². The highest BCUT2D eigenvalue weighted by atomic mass is 32.2. The lowest BCUT2D eigenvalue weighted by molar-refractivity contribution is 0.0300. The average Bonchev–Trinajstić information content (AvgIpc) is 2.94. The van der Waals surface area contributed by atoms with Gasteiger partial charge >= 0.3 is 0 Å². The third-order valence-corrected chi connectivity index (χ3v) is 6.66. The molecule has 1 saturated heterocycles. The first-order chi connectivity index (χ1) is 13.8. The highest BCUT2D eigenvalue weighted by molar-refractivity contribution is 7.92. The van der Waals surface area contributed by atoms with Gasteiger partial charge in [0.15, 0.2) is 0 Å². The van der Waals surface area contributed by atoms with Gasteiger partial charge < -0.3 is 18.9 Å². The van der Waals surface area contributed by atoms with Crippen molar-refractivity contribution in [2.45, 2.75) is 25.7 Å². The number of ether oxygens (including phenoxy) is 2. The monoisotopic (exact) mass is 421 g/mol. The van der Waals surface area contributed by atoms with E-state index in [0.29, 0.717) is 55.7 Å². The molecule has 1 N–H and O–H groups in total. The van der Waals surface area contributed by atoms with Gasteiger partial charge in [0.25, 0.3) is 15.9 Å². The maximum Gasteiger partial charge on any atom is 0.264 e. The molecule has 0 radical (unpaired) electrons. The smallest absolute Gasteiger partial charge is 0.264 e.